The van der Waals surface area contributed by atoms with Crippen LogP contribution in [-0.4, -0.2) is 54.4 Å². The summed E-state index contributed by atoms with van der Waals surface area (Å²) in [5.41, 5.74) is -0.875. The van der Waals surface area contributed by atoms with E-state index in [9.17, 15) is 9.59 Å². The van der Waals surface area contributed by atoms with Crippen molar-refractivity contribution in [3.63, 3.8) is 0 Å². The molecule has 0 spiro atoms. The lowest BCUT2D eigenvalue weighted by molar-refractivity contribution is -0.150. The fourth-order valence-corrected chi connectivity index (χ4v) is 2.79. The zero-order chi connectivity index (χ0) is 14.8. The lowest BCUT2D eigenvalue weighted by atomic mass is 9.80. The van der Waals surface area contributed by atoms with Gasteiger partial charge in [0, 0.05) is 26.7 Å². The average molecular weight is 284 g/mol. The van der Waals surface area contributed by atoms with Gasteiger partial charge in [-0.25, -0.2) is 4.79 Å². The smallest absolute Gasteiger partial charge is 0.317 e. The van der Waals surface area contributed by atoms with Crippen LogP contribution in [0.3, 0.4) is 0 Å². The first-order chi connectivity index (χ1) is 9.41. The number of hydrogen-bond donors (Lipinski definition) is 2. The highest BCUT2D eigenvalue weighted by molar-refractivity contribution is 5.77. The van der Waals surface area contributed by atoms with Gasteiger partial charge in [-0.15, -0.1) is 0 Å². The van der Waals surface area contributed by atoms with E-state index in [0.717, 1.165) is 19.3 Å². The van der Waals surface area contributed by atoms with Crippen LogP contribution in [-0.2, 0) is 9.53 Å². The molecule has 6 heteroatoms. The number of methoxy groups -OCH3 is 1. The molecule has 0 aromatic heterocycles. The molecular weight excluding hydrogens is 260 g/mol. The molecule has 1 heterocycles. The van der Waals surface area contributed by atoms with Gasteiger partial charge in [0.15, 0.2) is 0 Å². The number of nitrogens with one attached hydrogen (secondary N) is 1. The quantitative estimate of drug-likeness (QED) is 0.819. The van der Waals surface area contributed by atoms with Crippen molar-refractivity contribution < 1.29 is 19.4 Å². The molecule has 2 fully saturated rings. The van der Waals surface area contributed by atoms with Crippen molar-refractivity contribution >= 4 is 12.0 Å². The van der Waals surface area contributed by atoms with Crippen molar-refractivity contribution in [2.24, 2.45) is 5.41 Å². The summed E-state index contributed by atoms with van der Waals surface area (Å²) in [5, 5.41) is 12.1. The van der Waals surface area contributed by atoms with E-state index in [2.05, 4.69) is 5.32 Å². The summed E-state index contributed by atoms with van der Waals surface area (Å²) in [4.78, 5) is 25.0. The van der Waals surface area contributed by atoms with E-state index in [1.807, 2.05) is 0 Å². The van der Waals surface area contributed by atoms with E-state index < -0.39 is 11.4 Å². The Morgan fingerprint density at radius 3 is 2.25 bits per heavy atom. The zero-order valence-electron chi connectivity index (χ0n) is 12.3. The highest BCUT2D eigenvalue weighted by Crippen LogP contribution is 2.34. The fraction of sp³-hybridized carbons (Fsp3) is 0.857. The third-order valence-corrected chi connectivity index (χ3v) is 4.93. The van der Waals surface area contributed by atoms with Crippen LogP contribution >= 0.6 is 0 Å². The number of aliphatic carboxylic acids is 1. The fourth-order valence-electron chi connectivity index (χ4n) is 2.79. The van der Waals surface area contributed by atoms with Crippen molar-refractivity contribution in [3.05, 3.63) is 0 Å². The summed E-state index contributed by atoms with van der Waals surface area (Å²) < 4.78 is 5.47. The number of carboxylic acid groups (broad SMARTS) is 1. The van der Waals surface area contributed by atoms with Crippen molar-refractivity contribution in [2.75, 3.05) is 26.7 Å². The minimum Gasteiger partial charge on any atom is -0.481 e. The van der Waals surface area contributed by atoms with Crippen molar-refractivity contribution in [1.29, 1.82) is 0 Å². The van der Waals surface area contributed by atoms with Gasteiger partial charge in [-0.1, -0.05) is 0 Å². The number of hydrogen-bond acceptors (Lipinski definition) is 3. The first-order valence-corrected chi connectivity index (χ1v) is 7.22. The first kappa shape index (κ1) is 15.1. The van der Waals surface area contributed by atoms with E-state index in [4.69, 9.17) is 9.84 Å². The molecule has 2 N–H and O–H groups in total. The van der Waals surface area contributed by atoms with Gasteiger partial charge in [0.05, 0.1) is 11.0 Å². The number of amides is 2. The molecule has 2 amide bonds. The maximum Gasteiger partial charge on any atom is 0.317 e. The maximum atomic E-state index is 12.1. The summed E-state index contributed by atoms with van der Waals surface area (Å²) >= 11 is 0. The minimum absolute atomic E-state index is 0.110. The number of piperidine rings is 1. The van der Waals surface area contributed by atoms with Crippen molar-refractivity contribution in [3.8, 4) is 0 Å². The number of likely N-dealkylation sites (tertiary alicyclic amines) is 1. The molecule has 1 saturated carbocycles. The molecule has 0 aromatic carbocycles. The summed E-state index contributed by atoms with van der Waals surface area (Å²) in [6.07, 6.45) is 4.13. The Balaban J connectivity index is 1.79. The summed E-state index contributed by atoms with van der Waals surface area (Å²) in [6, 6.07) is -0.110. The molecule has 0 bridgehead atoms. The molecule has 1 saturated heterocycles. The second kappa shape index (κ2) is 5.60. The Kier molecular flexibility index (Phi) is 4.22. The van der Waals surface area contributed by atoms with Crippen LogP contribution < -0.4 is 5.32 Å². The van der Waals surface area contributed by atoms with Crippen LogP contribution in [0.25, 0.3) is 0 Å². The zero-order valence-corrected chi connectivity index (χ0v) is 12.3. The monoisotopic (exact) mass is 284 g/mol. The molecule has 1 aliphatic carbocycles. The SMILES string of the molecule is COC1(CNC(=O)N2CCC(C)(C(=O)O)CC2)CCC1. The van der Waals surface area contributed by atoms with Crippen LogP contribution in [0.5, 0.6) is 0 Å². The van der Waals surface area contributed by atoms with E-state index in [-0.39, 0.29) is 11.6 Å². The molecule has 20 heavy (non-hydrogen) atoms. The second-order valence-electron chi connectivity index (χ2n) is 6.25. The topological polar surface area (TPSA) is 78.9 Å². The molecule has 114 valence electrons. The van der Waals surface area contributed by atoms with Gasteiger partial charge in [-0.3, -0.25) is 4.79 Å². The molecule has 0 atom stereocenters. The number of rotatable bonds is 4. The van der Waals surface area contributed by atoms with Crippen LogP contribution in [0.15, 0.2) is 0 Å². The Hall–Kier alpha value is -1.30. The standard InChI is InChI=1S/C14H24N2O4/c1-13(11(17)18)6-8-16(9-7-13)12(19)15-10-14(20-2)4-3-5-14/h3-10H2,1-2H3,(H,15,19)(H,17,18). The van der Waals surface area contributed by atoms with Crippen molar-refractivity contribution in [1.82, 2.24) is 10.2 Å². The number of carbonyl (C=O) groups excluding carboxylic acids is 1. The lowest BCUT2D eigenvalue weighted by Crippen LogP contribution is -2.54. The van der Waals surface area contributed by atoms with Crippen molar-refractivity contribution in [2.45, 2.75) is 44.6 Å². The Morgan fingerprint density at radius 2 is 1.85 bits per heavy atom. The molecule has 6 nitrogen and oxygen atoms in total. The molecular formula is C14H24N2O4. The van der Waals surface area contributed by atoms with Crippen LogP contribution in [0, 0.1) is 5.41 Å². The van der Waals surface area contributed by atoms with Gasteiger partial charge >= 0.3 is 12.0 Å². The van der Waals surface area contributed by atoms with E-state index >= 15 is 0 Å². The largest absolute Gasteiger partial charge is 0.481 e. The average Bonchev–Trinajstić information content (AvgIpc) is 2.38. The predicted octanol–water partition coefficient (Wildman–Crippen LogP) is 1.45. The molecule has 2 aliphatic rings. The van der Waals surface area contributed by atoms with Gasteiger partial charge in [-0.2, -0.15) is 0 Å². The maximum absolute atomic E-state index is 12.1. The van der Waals surface area contributed by atoms with Gasteiger partial charge in [-0.05, 0) is 39.0 Å². The predicted molar refractivity (Wildman–Crippen MR) is 73.5 cm³/mol. The third kappa shape index (κ3) is 2.90. The first-order valence-electron chi connectivity index (χ1n) is 7.22. The van der Waals surface area contributed by atoms with Gasteiger partial charge in [0.2, 0.25) is 0 Å². The lowest BCUT2D eigenvalue weighted by Gasteiger charge is -2.41. The summed E-state index contributed by atoms with van der Waals surface area (Å²) in [5.74, 6) is -0.773. The highest BCUT2D eigenvalue weighted by atomic mass is 16.5. The minimum atomic E-state index is -0.773. The van der Waals surface area contributed by atoms with Gasteiger partial charge in [0.1, 0.15) is 0 Å². The number of carboxylic acids is 1. The summed E-state index contributed by atoms with van der Waals surface area (Å²) in [7, 11) is 1.69. The molecule has 2 rings (SSSR count). The molecule has 0 radical (unpaired) electrons. The highest BCUT2D eigenvalue weighted by Gasteiger charge is 2.40. The number of urea groups is 1. The normalized spacial score (nSPS) is 23.8. The van der Waals surface area contributed by atoms with Crippen LogP contribution in [0.1, 0.15) is 39.0 Å². The van der Waals surface area contributed by atoms with Crippen LogP contribution in [0.2, 0.25) is 0 Å². The van der Waals surface area contributed by atoms with Crippen LogP contribution in [0.4, 0.5) is 4.79 Å². The van der Waals surface area contributed by atoms with E-state index in [1.54, 1.807) is 18.9 Å². The Bertz CT molecular complexity index is 379. The third-order valence-electron chi connectivity index (χ3n) is 4.93. The Morgan fingerprint density at radius 1 is 1.25 bits per heavy atom. The number of nitrogens with zero attached hydrogens (tertiary/aromatic N) is 1. The summed E-state index contributed by atoms with van der Waals surface area (Å²) in [6.45, 7) is 3.27. The molecule has 0 aromatic rings. The Labute approximate surface area is 119 Å². The van der Waals surface area contributed by atoms with Gasteiger partial charge < -0.3 is 20.1 Å². The van der Waals surface area contributed by atoms with Gasteiger partial charge in [0.25, 0.3) is 0 Å². The second-order valence-corrected chi connectivity index (χ2v) is 6.25. The number of ether oxygens (including phenoxy) is 1. The molecule has 0 unspecified atom stereocenters. The van der Waals surface area contributed by atoms with E-state index in [1.165, 1.54) is 0 Å². The number of carbonyl (C=O) groups is 2. The van der Waals surface area contributed by atoms with E-state index in [0.29, 0.717) is 32.5 Å². The molecule has 1 aliphatic heterocycles.